The summed E-state index contributed by atoms with van der Waals surface area (Å²) >= 11 is 14.0. The van der Waals surface area contributed by atoms with Crippen molar-refractivity contribution in [2.24, 2.45) is 0 Å². The lowest BCUT2D eigenvalue weighted by Gasteiger charge is -2.28. The Morgan fingerprint density at radius 1 is 1.06 bits per heavy atom. The zero-order valence-corrected chi connectivity index (χ0v) is 33.0. The van der Waals surface area contributed by atoms with Gasteiger partial charge in [0.15, 0.2) is 17.6 Å². The molecule has 0 amide bonds. The van der Waals surface area contributed by atoms with E-state index in [1.54, 1.807) is 24.4 Å². The molecule has 5 aromatic rings. The standard InChI is InChI=1S/C37H36Cl2F2N4O5S2.ClH/c1-24(35(46)47)44(18-8-17-43-15-6-5-7-16-43)52(48,49)28-20-31(39)29(32(41)21-28)23-51-36-42-22-34(45(36)27-12-10-26(40)11-13-27)37(2,3)25-9-14-30(38)33(19-25)50-4;/h5-7,9-16,19-22,24H,8,17-18,23H2,1-4H3;1H/t24-;/m1./s1. The van der Waals surface area contributed by atoms with Crippen molar-refractivity contribution in [1.82, 2.24) is 13.9 Å². The van der Waals surface area contributed by atoms with E-state index in [1.807, 2.05) is 65.7 Å². The van der Waals surface area contributed by atoms with Gasteiger partial charge in [-0.3, -0.25) is 9.36 Å². The van der Waals surface area contributed by atoms with Gasteiger partial charge in [-0.05, 0) is 61.0 Å². The minimum absolute atomic E-state index is 0. The summed E-state index contributed by atoms with van der Waals surface area (Å²) in [6, 6.07) is 17.4. The van der Waals surface area contributed by atoms with Gasteiger partial charge in [0.1, 0.15) is 30.0 Å². The van der Waals surface area contributed by atoms with Gasteiger partial charge in [-0.1, -0.05) is 60.9 Å². The van der Waals surface area contributed by atoms with Crippen molar-refractivity contribution in [3.05, 3.63) is 130 Å². The van der Waals surface area contributed by atoms with Gasteiger partial charge in [0.25, 0.3) is 0 Å². The van der Waals surface area contributed by atoms with Gasteiger partial charge in [0.2, 0.25) is 10.0 Å². The molecule has 5 rings (SSSR count). The summed E-state index contributed by atoms with van der Waals surface area (Å²) < 4.78 is 67.4. The third kappa shape index (κ3) is 9.33. The van der Waals surface area contributed by atoms with E-state index >= 15 is 4.39 Å². The molecule has 9 nitrogen and oxygen atoms in total. The fourth-order valence-corrected chi connectivity index (χ4v) is 9.00. The molecule has 0 spiro atoms. The summed E-state index contributed by atoms with van der Waals surface area (Å²) in [5.74, 6) is -2.19. The Morgan fingerprint density at radius 3 is 2.36 bits per heavy atom. The molecule has 16 heteroatoms. The van der Waals surface area contributed by atoms with Crippen LogP contribution in [0, 0.1) is 11.6 Å². The van der Waals surface area contributed by atoms with E-state index in [4.69, 9.17) is 27.9 Å². The number of methoxy groups -OCH3 is 1. The number of imidazole rings is 1. The van der Waals surface area contributed by atoms with E-state index in [1.165, 1.54) is 26.2 Å². The minimum Gasteiger partial charge on any atom is -1.00 e. The van der Waals surface area contributed by atoms with Crippen molar-refractivity contribution in [3.63, 3.8) is 0 Å². The number of rotatable bonds is 15. The number of hydrogen-bond donors (Lipinski definition) is 1. The van der Waals surface area contributed by atoms with Crippen LogP contribution in [-0.2, 0) is 32.5 Å². The second-order valence-electron chi connectivity index (χ2n) is 12.5. The van der Waals surface area contributed by atoms with E-state index < -0.39 is 44.0 Å². The van der Waals surface area contributed by atoms with Gasteiger partial charge < -0.3 is 22.3 Å². The maximum absolute atomic E-state index is 15.8. The van der Waals surface area contributed by atoms with Crippen LogP contribution in [0.25, 0.3) is 5.69 Å². The Kier molecular flexibility index (Phi) is 14.0. The summed E-state index contributed by atoms with van der Waals surface area (Å²) in [6.45, 7) is 5.56. The number of halogens is 5. The molecule has 1 atom stereocenters. The largest absolute Gasteiger partial charge is 1.00 e. The number of nitrogens with zero attached hydrogens (tertiary/aromatic N) is 4. The van der Waals surface area contributed by atoms with Gasteiger partial charge in [0.05, 0.1) is 28.9 Å². The van der Waals surface area contributed by atoms with E-state index in [0.29, 0.717) is 34.6 Å². The molecule has 0 radical (unpaired) electrons. The molecule has 0 bridgehead atoms. The maximum Gasteiger partial charge on any atom is 0.321 e. The van der Waals surface area contributed by atoms with E-state index in [2.05, 4.69) is 4.98 Å². The Morgan fingerprint density at radius 2 is 1.74 bits per heavy atom. The number of carboxylic acid groups (broad SMARTS) is 1. The lowest BCUT2D eigenvalue weighted by molar-refractivity contribution is -0.697. The molecule has 3 aromatic carbocycles. The number of thioether (sulfide) groups is 1. The predicted molar refractivity (Wildman–Crippen MR) is 197 cm³/mol. The average molecular weight is 826 g/mol. The number of aryl methyl sites for hydroxylation is 1. The number of hydrogen-bond acceptors (Lipinski definition) is 6. The van der Waals surface area contributed by atoms with Gasteiger partial charge >= 0.3 is 5.97 Å². The van der Waals surface area contributed by atoms with E-state index in [0.717, 1.165) is 39.5 Å². The molecule has 0 fully saturated rings. The van der Waals surface area contributed by atoms with Crippen LogP contribution in [0.5, 0.6) is 5.75 Å². The molecule has 0 aliphatic rings. The zero-order chi connectivity index (χ0) is 37.8. The predicted octanol–water partition coefficient (Wildman–Crippen LogP) is 4.93. The van der Waals surface area contributed by atoms with Crippen molar-refractivity contribution in [2.45, 2.75) is 61.0 Å². The monoisotopic (exact) mass is 824 g/mol. The molecule has 282 valence electrons. The number of carbonyl (C=O) groups is 1. The molecule has 0 saturated carbocycles. The third-order valence-corrected chi connectivity index (χ3v) is 12.3. The maximum atomic E-state index is 15.8. The number of ether oxygens (including phenoxy) is 1. The fraction of sp³-hybridized carbons (Fsp3) is 0.270. The highest BCUT2D eigenvalue weighted by Crippen LogP contribution is 2.40. The number of aliphatic carboxylic acids is 1. The molecule has 0 aliphatic heterocycles. The van der Waals surface area contributed by atoms with Crippen LogP contribution in [0.3, 0.4) is 0 Å². The Bertz CT molecular complexity index is 2150. The van der Waals surface area contributed by atoms with Gasteiger partial charge in [-0.2, -0.15) is 4.31 Å². The summed E-state index contributed by atoms with van der Waals surface area (Å²) in [7, 11) is -2.95. The minimum atomic E-state index is -4.47. The molecule has 0 aliphatic carbocycles. The van der Waals surface area contributed by atoms with Crippen molar-refractivity contribution in [3.8, 4) is 11.4 Å². The van der Waals surface area contributed by atoms with Crippen LogP contribution >= 0.6 is 35.0 Å². The summed E-state index contributed by atoms with van der Waals surface area (Å²) in [6.07, 6.45) is 5.63. The number of pyridine rings is 1. The lowest BCUT2D eigenvalue weighted by atomic mass is 9.81. The van der Waals surface area contributed by atoms with Crippen molar-refractivity contribution in [1.29, 1.82) is 0 Å². The molecule has 2 aromatic heterocycles. The molecule has 53 heavy (non-hydrogen) atoms. The highest BCUT2D eigenvalue weighted by Gasteiger charge is 2.35. The van der Waals surface area contributed by atoms with E-state index in [-0.39, 0.29) is 35.3 Å². The first-order valence-corrected chi connectivity index (χ1v) is 19.3. The highest BCUT2D eigenvalue weighted by molar-refractivity contribution is 7.98. The van der Waals surface area contributed by atoms with Crippen molar-refractivity contribution in [2.75, 3.05) is 13.7 Å². The molecule has 1 N–H and O–H groups in total. The van der Waals surface area contributed by atoms with Crippen molar-refractivity contribution >= 4 is 51.0 Å². The Labute approximate surface area is 328 Å². The van der Waals surface area contributed by atoms with Crippen LogP contribution in [0.4, 0.5) is 8.78 Å². The van der Waals surface area contributed by atoms with Gasteiger partial charge in [-0.25, -0.2) is 26.7 Å². The summed E-state index contributed by atoms with van der Waals surface area (Å²) in [5, 5.41) is 10.5. The Hall–Kier alpha value is -3.72. The number of carboxylic acids is 1. The van der Waals surface area contributed by atoms with Crippen LogP contribution in [0.1, 0.15) is 44.0 Å². The first-order valence-electron chi connectivity index (χ1n) is 16.1. The van der Waals surface area contributed by atoms with Gasteiger partial charge in [-0.15, -0.1) is 0 Å². The van der Waals surface area contributed by atoms with Crippen LogP contribution < -0.4 is 21.7 Å². The summed E-state index contributed by atoms with van der Waals surface area (Å²) in [5.41, 5.74) is 1.56. The normalized spacial score (nSPS) is 12.4. The highest BCUT2D eigenvalue weighted by atomic mass is 35.5. The third-order valence-electron chi connectivity index (χ3n) is 8.76. The molecule has 0 saturated heterocycles. The topological polar surface area (TPSA) is 106 Å². The fourth-order valence-electron chi connectivity index (χ4n) is 5.69. The quantitative estimate of drug-likeness (QED) is 0.118. The van der Waals surface area contributed by atoms with Crippen molar-refractivity contribution < 1.29 is 48.8 Å². The van der Waals surface area contributed by atoms with Crippen LogP contribution in [-0.4, -0.2) is 53.0 Å². The lowest BCUT2D eigenvalue weighted by Crippen LogP contribution is -3.00. The second kappa shape index (κ2) is 17.6. The number of sulfonamides is 1. The van der Waals surface area contributed by atoms with E-state index in [9.17, 15) is 22.7 Å². The summed E-state index contributed by atoms with van der Waals surface area (Å²) in [4.78, 5) is 16.1. The van der Waals surface area contributed by atoms with Crippen LogP contribution in [0.15, 0.2) is 101 Å². The SMILES string of the molecule is COc1cc(C(C)(C)c2cnc(SCc3c(F)cc(S(=O)(=O)N(CCC[n+]4ccccc4)[C@H](C)C(=O)O)cc3Cl)n2-c2ccc(F)cc2)ccc1Cl.[Cl-]. The number of benzene rings is 3. The molecule has 2 heterocycles. The molecule has 0 unspecified atom stereocenters. The molecular formula is C37H37Cl3F2N4O5S2. The number of aromatic nitrogens is 3. The Balaban J connectivity index is 0.00000627. The van der Waals surface area contributed by atoms with Crippen LogP contribution in [0.2, 0.25) is 10.0 Å². The van der Waals surface area contributed by atoms with Gasteiger partial charge in [0, 0.05) is 52.5 Å². The smallest absolute Gasteiger partial charge is 0.321 e. The second-order valence-corrected chi connectivity index (χ2v) is 16.1. The first kappa shape index (κ1) is 42.0. The first-order chi connectivity index (χ1) is 24.6. The zero-order valence-electron chi connectivity index (χ0n) is 29.1. The average Bonchev–Trinajstić information content (AvgIpc) is 3.55. The molecular weight excluding hydrogens is 789 g/mol.